The van der Waals surface area contributed by atoms with Crippen molar-refractivity contribution in [1.29, 1.82) is 0 Å². The molecule has 0 aliphatic carbocycles. The summed E-state index contributed by atoms with van der Waals surface area (Å²) >= 11 is 0. The molecule has 2 heteroatoms. The summed E-state index contributed by atoms with van der Waals surface area (Å²) in [5, 5.41) is 0. The Hall–Kier alpha value is -1.80. The second-order valence-electron chi connectivity index (χ2n) is 6.32. The average Bonchev–Trinajstić information content (AvgIpc) is 2.47. The summed E-state index contributed by atoms with van der Waals surface area (Å²) in [5.74, 6) is 0.887. The van der Waals surface area contributed by atoms with Crippen LogP contribution >= 0.6 is 0 Å². The first-order valence-electron chi connectivity index (χ1n) is 7.51. The van der Waals surface area contributed by atoms with E-state index in [2.05, 4.69) is 57.2 Å². The largest absolute Gasteiger partial charge is 0.494 e. The monoisotopic (exact) mass is 283 g/mol. The van der Waals surface area contributed by atoms with Gasteiger partial charge >= 0.3 is 0 Å². The number of hydrogen-bond acceptors (Lipinski definition) is 2. The van der Waals surface area contributed by atoms with Gasteiger partial charge in [0.1, 0.15) is 5.75 Å². The highest BCUT2D eigenvalue weighted by molar-refractivity contribution is 5.41. The minimum atomic E-state index is -0.115. The molecule has 0 aromatic heterocycles. The molecule has 0 aliphatic rings. The molecule has 0 spiro atoms. The van der Waals surface area contributed by atoms with Crippen molar-refractivity contribution in [3.05, 3.63) is 65.2 Å². The van der Waals surface area contributed by atoms with Crippen molar-refractivity contribution in [2.45, 2.75) is 39.2 Å². The van der Waals surface area contributed by atoms with E-state index >= 15 is 0 Å². The summed E-state index contributed by atoms with van der Waals surface area (Å²) in [4.78, 5) is 0. The number of rotatable bonds is 4. The van der Waals surface area contributed by atoms with Crippen LogP contribution in [-0.4, -0.2) is 6.61 Å². The lowest BCUT2D eigenvalue weighted by atomic mass is 9.81. The Kier molecular flexibility index (Phi) is 4.69. The fraction of sp³-hybridized carbons (Fsp3) is 0.368. The summed E-state index contributed by atoms with van der Waals surface area (Å²) in [6.45, 7) is 9.32. The molecule has 2 nitrogen and oxygen atoms in total. The topological polar surface area (TPSA) is 35.2 Å². The fourth-order valence-corrected chi connectivity index (χ4v) is 2.57. The Morgan fingerprint density at radius 1 is 1.00 bits per heavy atom. The summed E-state index contributed by atoms with van der Waals surface area (Å²) in [6, 6.07) is 16.4. The van der Waals surface area contributed by atoms with E-state index in [-0.39, 0.29) is 11.5 Å². The molecule has 0 saturated carbocycles. The van der Waals surface area contributed by atoms with Crippen LogP contribution in [0.5, 0.6) is 5.75 Å². The highest BCUT2D eigenvalue weighted by Gasteiger charge is 2.21. The van der Waals surface area contributed by atoms with Crippen molar-refractivity contribution in [2.75, 3.05) is 6.61 Å². The van der Waals surface area contributed by atoms with Gasteiger partial charge in [0.2, 0.25) is 0 Å². The molecule has 0 radical (unpaired) electrons. The number of ether oxygens (including phenoxy) is 1. The SMILES string of the molecule is CCOc1ccc(C(N)c2ccccc2C(C)(C)C)cc1. The highest BCUT2D eigenvalue weighted by Crippen LogP contribution is 2.31. The maximum absolute atomic E-state index is 6.50. The van der Waals surface area contributed by atoms with Gasteiger partial charge in [-0.2, -0.15) is 0 Å². The van der Waals surface area contributed by atoms with Gasteiger partial charge in [-0.15, -0.1) is 0 Å². The molecule has 0 amide bonds. The molecule has 2 aromatic carbocycles. The third kappa shape index (κ3) is 3.64. The van der Waals surface area contributed by atoms with Crippen LogP contribution in [0.4, 0.5) is 0 Å². The summed E-state index contributed by atoms with van der Waals surface area (Å²) in [7, 11) is 0. The normalized spacial score (nSPS) is 13.0. The van der Waals surface area contributed by atoms with Gasteiger partial charge in [-0.1, -0.05) is 57.2 Å². The van der Waals surface area contributed by atoms with E-state index in [1.165, 1.54) is 11.1 Å². The molecule has 2 rings (SSSR count). The van der Waals surface area contributed by atoms with Gasteiger partial charge in [0.15, 0.2) is 0 Å². The first-order chi connectivity index (χ1) is 9.93. The van der Waals surface area contributed by atoms with Gasteiger partial charge < -0.3 is 10.5 Å². The maximum Gasteiger partial charge on any atom is 0.119 e. The Bertz CT molecular complexity index is 581. The first-order valence-corrected chi connectivity index (χ1v) is 7.51. The van der Waals surface area contributed by atoms with E-state index in [0.29, 0.717) is 6.61 Å². The highest BCUT2D eigenvalue weighted by atomic mass is 16.5. The quantitative estimate of drug-likeness (QED) is 0.901. The zero-order valence-corrected chi connectivity index (χ0v) is 13.4. The van der Waals surface area contributed by atoms with Gasteiger partial charge in [-0.3, -0.25) is 0 Å². The van der Waals surface area contributed by atoms with Crippen LogP contribution in [-0.2, 0) is 5.41 Å². The van der Waals surface area contributed by atoms with Crippen molar-refractivity contribution >= 4 is 0 Å². The van der Waals surface area contributed by atoms with Gasteiger partial charge in [-0.25, -0.2) is 0 Å². The molecule has 0 aliphatic heterocycles. The second-order valence-corrected chi connectivity index (χ2v) is 6.32. The minimum Gasteiger partial charge on any atom is -0.494 e. The summed E-state index contributed by atoms with van der Waals surface area (Å²) in [5.41, 5.74) is 10.2. The molecule has 0 heterocycles. The Morgan fingerprint density at radius 2 is 1.62 bits per heavy atom. The molecule has 2 aromatic rings. The molecule has 21 heavy (non-hydrogen) atoms. The van der Waals surface area contributed by atoms with Crippen molar-refractivity contribution in [1.82, 2.24) is 0 Å². The lowest BCUT2D eigenvalue weighted by Gasteiger charge is -2.26. The molecule has 112 valence electrons. The minimum absolute atomic E-state index is 0.0828. The van der Waals surface area contributed by atoms with Crippen molar-refractivity contribution in [3.8, 4) is 5.75 Å². The molecule has 0 fully saturated rings. The van der Waals surface area contributed by atoms with Gasteiger partial charge in [0, 0.05) is 0 Å². The average molecular weight is 283 g/mol. The number of nitrogens with two attached hydrogens (primary N) is 1. The van der Waals surface area contributed by atoms with Gasteiger partial charge in [0.05, 0.1) is 12.6 Å². The van der Waals surface area contributed by atoms with E-state index in [0.717, 1.165) is 11.3 Å². The van der Waals surface area contributed by atoms with Crippen LogP contribution in [0.2, 0.25) is 0 Å². The Balaban J connectivity index is 2.34. The third-order valence-corrected chi connectivity index (χ3v) is 3.65. The summed E-state index contributed by atoms with van der Waals surface area (Å²) < 4.78 is 5.48. The van der Waals surface area contributed by atoms with Crippen molar-refractivity contribution in [3.63, 3.8) is 0 Å². The van der Waals surface area contributed by atoms with E-state index in [9.17, 15) is 0 Å². The van der Waals surface area contributed by atoms with E-state index in [4.69, 9.17) is 10.5 Å². The Morgan fingerprint density at radius 3 is 2.19 bits per heavy atom. The molecular weight excluding hydrogens is 258 g/mol. The fourth-order valence-electron chi connectivity index (χ4n) is 2.57. The number of benzene rings is 2. The molecule has 0 saturated heterocycles. The van der Waals surface area contributed by atoms with Crippen LogP contribution in [0.1, 0.15) is 50.4 Å². The van der Waals surface area contributed by atoms with Crippen LogP contribution in [0.3, 0.4) is 0 Å². The lowest BCUT2D eigenvalue weighted by molar-refractivity contribution is 0.340. The van der Waals surface area contributed by atoms with Crippen LogP contribution in [0, 0.1) is 0 Å². The summed E-state index contributed by atoms with van der Waals surface area (Å²) in [6.07, 6.45) is 0. The standard InChI is InChI=1S/C19H25NO/c1-5-21-15-12-10-14(11-13-15)18(20)16-8-6-7-9-17(16)19(2,3)4/h6-13,18H,5,20H2,1-4H3. The number of hydrogen-bond donors (Lipinski definition) is 1. The Labute approximate surface area is 127 Å². The van der Waals surface area contributed by atoms with E-state index in [1.807, 2.05) is 19.1 Å². The van der Waals surface area contributed by atoms with Crippen LogP contribution in [0.15, 0.2) is 48.5 Å². The van der Waals surface area contributed by atoms with Crippen molar-refractivity contribution < 1.29 is 4.74 Å². The molecular formula is C19H25NO. The molecule has 2 N–H and O–H groups in total. The predicted molar refractivity (Wildman–Crippen MR) is 88.8 cm³/mol. The zero-order valence-electron chi connectivity index (χ0n) is 13.4. The molecule has 1 unspecified atom stereocenters. The first kappa shape index (κ1) is 15.6. The van der Waals surface area contributed by atoms with E-state index < -0.39 is 0 Å². The van der Waals surface area contributed by atoms with E-state index in [1.54, 1.807) is 0 Å². The van der Waals surface area contributed by atoms with Crippen LogP contribution < -0.4 is 10.5 Å². The van der Waals surface area contributed by atoms with Gasteiger partial charge in [0.25, 0.3) is 0 Å². The lowest BCUT2D eigenvalue weighted by Crippen LogP contribution is -2.20. The zero-order chi connectivity index (χ0) is 15.5. The molecule has 0 bridgehead atoms. The predicted octanol–water partition coefficient (Wildman–Crippen LogP) is 4.43. The second kappa shape index (κ2) is 6.31. The third-order valence-electron chi connectivity index (χ3n) is 3.65. The maximum atomic E-state index is 6.50. The molecule has 1 atom stereocenters. The van der Waals surface area contributed by atoms with Crippen molar-refractivity contribution in [2.24, 2.45) is 5.73 Å². The van der Waals surface area contributed by atoms with Gasteiger partial charge in [-0.05, 0) is 41.2 Å². The smallest absolute Gasteiger partial charge is 0.119 e. The van der Waals surface area contributed by atoms with Crippen LogP contribution in [0.25, 0.3) is 0 Å².